The highest BCUT2D eigenvalue weighted by Gasteiger charge is 2.41. The monoisotopic (exact) mass is 406 g/mol. The summed E-state index contributed by atoms with van der Waals surface area (Å²) in [7, 11) is 4.80. The van der Waals surface area contributed by atoms with Crippen LogP contribution in [0.1, 0.15) is 38.7 Å². The maximum absolute atomic E-state index is 12.9. The highest BCUT2D eigenvalue weighted by atomic mass is 16.5. The first-order valence-electron chi connectivity index (χ1n) is 9.96. The Morgan fingerprint density at radius 2 is 1.86 bits per heavy atom. The van der Waals surface area contributed by atoms with Crippen LogP contribution in [0.5, 0.6) is 11.5 Å². The molecule has 0 bridgehead atoms. The Balaban J connectivity index is 2.30. The molecule has 0 saturated carbocycles. The van der Waals surface area contributed by atoms with Crippen LogP contribution in [0.2, 0.25) is 0 Å². The van der Waals surface area contributed by atoms with E-state index in [0.717, 1.165) is 5.56 Å². The number of carbonyl (C=O) groups excluding carboxylic acids is 2. The van der Waals surface area contributed by atoms with Gasteiger partial charge in [-0.25, -0.2) is 0 Å². The van der Waals surface area contributed by atoms with E-state index >= 15 is 0 Å². The topological polar surface area (TPSA) is 77.1 Å². The lowest BCUT2D eigenvalue weighted by Gasteiger charge is -2.23. The van der Waals surface area contributed by atoms with Crippen molar-refractivity contribution in [2.45, 2.75) is 33.1 Å². The molecular weight excluding hydrogens is 372 g/mol. The van der Waals surface area contributed by atoms with Gasteiger partial charge in [0.25, 0.3) is 0 Å². The van der Waals surface area contributed by atoms with E-state index in [1.165, 1.54) is 0 Å². The van der Waals surface area contributed by atoms with Gasteiger partial charge in [-0.05, 0) is 11.5 Å². The Hall–Kier alpha value is -2.28. The van der Waals surface area contributed by atoms with Gasteiger partial charge in [0, 0.05) is 50.7 Å². The third-order valence-electron chi connectivity index (χ3n) is 5.14. The van der Waals surface area contributed by atoms with Crippen molar-refractivity contribution in [1.29, 1.82) is 0 Å². The Morgan fingerprint density at radius 1 is 1.14 bits per heavy atom. The third kappa shape index (κ3) is 6.10. The first-order chi connectivity index (χ1) is 13.7. The summed E-state index contributed by atoms with van der Waals surface area (Å²) in [6.45, 7) is 7.89. The summed E-state index contributed by atoms with van der Waals surface area (Å²) >= 11 is 0. The van der Waals surface area contributed by atoms with Gasteiger partial charge in [0.15, 0.2) is 0 Å². The molecule has 0 unspecified atom stereocenters. The van der Waals surface area contributed by atoms with Gasteiger partial charge in [0.05, 0.1) is 26.7 Å². The lowest BCUT2D eigenvalue weighted by Crippen LogP contribution is -2.37. The van der Waals surface area contributed by atoms with Crippen molar-refractivity contribution < 1.29 is 23.8 Å². The number of methoxy groups -OCH3 is 3. The Bertz CT molecular complexity index is 714. The van der Waals surface area contributed by atoms with Crippen molar-refractivity contribution in [3.05, 3.63) is 23.8 Å². The number of hydrogen-bond acceptors (Lipinski definition) is 5. The highest BCUT2D eigenvalue weighted by Crippen LogP contribution is 2.40. The molecular formula is C22H34N2O5. The molecule has 7 nitrogen and oxygen atoms in total. The normalized spacial score (nSPS) is 19.2. The first-order valence-corrected chi connectivity index (χ1v) is 9.96. The summed E-state index contributed by atoms with van der Waals surface area (Å²) in [5, 5.41) is 2.93. The summed E-state index contributed by atoms with van der Waals surface area (Å²) in [6, 6.07) is 5.60. The van der Waals surface area contributed by atoms with E-state index in [1.54, 1.807) is 26.2 Å². The minimum atomic E-state index is -0.349. The first kappa shape index (κ1) is 23.0. The molecule has 0 aliphatic carbocycles. The highest BCUT2D eigenvalue weighted by molar-refractivity contribution is 5.83. The van der Waals surface area contributed by atoms with Gasteiger partial charge in [0.1, 0.15) is 11.5 Å². The molecule has 1 aliphatic rings. The number of ether oxygens (including phenoxy) is 3. The fourth-order valence-corrected chi connectivity index (χ4v) is 3.69. The van der Waals surface area contributed by atoms with E-state index in [4.69, 9.17) is 14.2 Å². The maximum Gasteiger partial charge on any atom is 0.225 e. The minimum Gasteiger partial charge on any atom is -0.497 e. The van der Waals surface area contributed by atoms with Crippen LogP contribution in [0, 0.1) is 11.3 Å². The number of rotatable bonds is 8. The van der Waals surface area contributed by atoms with Gasteiger partial charge < -0.3 is 24.4 Å². The lowest BCUT2D eigenvalue weighted by molar-refractivity contribution is -0.132. The molecule has 162 valence electrons. The number of hydrogen-bond donors (Lipinski definition) is 1. The molecule has 0 aromatic heterocycles. The van der Waals surface area contributed by atoms with Crippen LogP contribution in [-0.2, 0) is 14.3 Å². The van der Waals surface area contributed by atoms with Gasteiger partial charge in [-0.15, -0.1) is 0 Å². The van der Waals surface area contributed by atoms with Crippen molar-refractivity contribution >= 4 is 11.8 Å². The van der Waals surface area contributed by atoms with Crippen molar-refractivity contribution in [1.82, 2.24) is 10.2 Å². The van der Waals surface area contributed by atoms with Gasteiger partial charge >= 0.3 is 0 Å². The molecule has 29 heavy (non-hydrogen) atoms. The number of nitrogens with one attached hydrogen (secondary N) is 1. The molecule has 1 fully saturated rings. The van der Waals surface area contributed by atoms with E-state index in [0.29, 0.717) is 44.2 Å². The van der Waals surface area contributed by atoms with Crippen LogP contribution in [0.25, 0.3) is 0 Å². The SMILES string of the molecule is COCCNC(=O)[C@H]1CN(C(=O)CC(C)(C)C)C[C@@H]1c1ccc(OC)cc1OC. The molecule has 0 radical (unpaired) electrons. The fourth-order valence-electron chi connectivity index (χ4n) is 3.69. The molecule has 1 N–H and O–H groups in total. The molecule has 1 aliphatic heterocycles. The standard InChI is InChI=1S/C22H34N2O5/c1-22(2,3)12-20(25)24-13-17(18(14-24)21(26)23-9-10-27-4)16-8-7-15(28-5)11-19(16)29-6/h7-8,11,17-18H,9-10,12-14H2,1-6H3,(H,23,26)/t17-,18+/m1/s1. The van der Waals surface area contributed by atoms with E-state index in [2.05, 4.69) is 5.32 Å². The maximum atomic E-state index is 12.9. The zero-order chi connectivity index (χ0) is 21.6. The Labute approximate surface area is 173 Å². The zero-order valence-electron chi connectivity index (χ0n) is 18.4. The summed E-state index contributed by atoms with van der Waals surface area (Å²) in [5.41, 5.74) is 0.801. The minimum absolute atomic E-state index is 0.0715. The molecule has 1 aromatic carbocycles. The summed E-state index contributed by atoms with van der Waals surface area (Å²) < 4.78 is 15.9. The quantitative estimate of drug-likeness (QED) is 0.671. The molecule has 1 aromatic rings. The van der Waals surface area contributed by atoms with Crippen LogP contribution in [0.3, 0.4) is 0 Å². The predicted molar refractivity (Wildman–Crippen MR) is 111 cm³/mol. The van der Waals surface area contributed by atoms with Gasteiger partial charge in [0.2, 0.25) is 11.8 Å². The number of carbonyl (C=O) groups is 2. The van der Waals surface area contributed by atoms with Crippen molar-refractivity contribution in [2.75, 3.05) is 47.6 Å². The van der Waals surface area contributed by atoms with Crippen LogP contribution in [-0.4, -0.2) is 64.3 Å². The second-order valence-corrected chi connectivity index (χ2v) is 8.64. The van der Waals surface area contributed by atoms with E-state index < -0.39 is 0 Å². The van der Waals surface area contributed by atoms with Crippen LogP contribution >= 0.6 is 0 Å². The molecule has 2 amide bonds. The lowest BCUT2D eigenvalue weighted by atomic mass is 9.87. The number of likely N-dealkylation sites (tertiary alicyclic amines) is 1. The zero-order valence-corrected chi connectivity index (χ0v) is 18.4. The molecule has 1 heterocycles. The average Bonchev–Trinajstić information content (AvgIpc) is 3.11. The number of nitrogens with zero attached hydrogens (tertiary/aromatic N) is 1. The molecule has 2 atom stereocenters. The summed E-state index contributed by atoms with van der Waals surface area (Å²) in [5.74, 6) is 0.845. The second-order valence-electron chi connectivity index (χ2n) is 8.64. The van der Waals surface area contributed by atoms with Crippen LogP contribution in [0.4, 0.5) is 0 Å². The summed E-state index contributed by atoms with van der Waals surface area (Å²) in [6.07, 6.45) is 0.442. The Morgan fingerprint density at radius 3 is 2.45 bits per heavy atom. The van der Waals surface area contributed by atoms with Crippen LogP contribution in [0.15, 0.2) is 18.2 Å². The number of benzene rings is 1. The molecule has 7 heteroatoms. The second kappa shape index (κ2) is 9.96. The van der Waals surface area contributed by atoms with Gasteiger partial charge in [-0.2, -0.15) is 0 Å². The third-order valence-corrected chi connectivity index (χ3v) is 5.14. The van der Waals surface area contributed by atoms with Gasteiger partial charge in [-0.3, -0.25) is 9.59 Å². The largest absolute Gasteiger partial charge is 0.497 e. The van der Waals surface area contributed by atoms with Crippen molar-refractivity contribution in [3.63, 3.8) is 0 Å². The molecule has 2 rings (SSSR count). The Kier molecular flexibility index (Phi) is 7.90. The van der Waals surface area contributed by atoms with Gasteiger partial charge in [-0.1, -0.05) is 26.8 Å². The number of amides is 2. The average molecular weight is 407 g/mol. The fraction of sp³-hybridized carbons (Fsp3) is 0.636. The van der Waals surface area contributed by atoms with E-state index in [1.807, 2.05) is 39.0 Å². The van der Waals surface area contributed by atoms with E-state index in [-0.39, 0.29) is 29.1 Å². The molecule has 0 spiro atoms. The smallest absolute Gasteiger partial charge is 0.225 e. The molecule has 1 saturated heterocycles. The predicted octanol–water partition coefficient (Wildman–Crippen LogP) is 2.44. The van der Waals surface area contributed by atoms with Crippen LogP contribution < -0.4 is 14.8 Å². The summed E-state index contributed by atoms with van der Waals surface area (Å²) in [4.78, 5) is 27.6. The van der Waals surface area contributed by atoms with Crippen molar-refractivity contribution in [2.24, 2.45) is 11.3 Å². The van der Waals surface area contributed by atoms with Crippen molar-refractivity contribution in [3.8, 4) is 11.5 Å². The van der Waals surface area contributed by atoms with E-state index in [9.17, 15) is 9.59 Å².